The molecule has 3 rings (SSSR count). The predicted octanol–water partition coefficient (Wildman–Crippen LogP) is 4.50. The summed E-state index contributed by atoms with van der Waals surface area (Å²) in [6.07, 6.45) is 5.38. The van der Waals surface area contributed by atoms with E-state index in [0.717, 1.165) is 5.92 Å². The van der Waals surface area contributed by atoms with Crippen molar-refractivity contribution in [3.63, 3.8) is 0 Å². The van der Waals surface area contributed by atoms with E-state index >= 15 is 0 Å². The number of hydrogen-bond acceptors (Lipinski definition) is 2. The smallest absolute Gasteiger partial charge is 0.0714 e. The zero-order chi connectivity index (χ0) is 13.2. The molecule has 2 aromatic carbocycles. The van der Waals surface area contributed by atoms with Crippen LogP contribution in [0.2, 0.25) is 0 Å². The van der Waals surface area contributed by atoms with E-state index < -0.39 is 0 Å². The minimum atomic E-state index is 0.718. The number of fused-ring (bicyclic) bond motifs is 1. The Morgan fingerprint density at radius 3 is 2.42 bits per heavy atom. The third-order valence-electron chi connectivity index (χ3n) is 4.32. The molecule has 0 amide bonds. The summed E-state index contributed by atoms with van der Waals surface area (Å²) in [7, 11) is 3.69. The Morgan fingerprint density at radius 1 is 1.05 bits per heavy atom. The van der Waals surface area contributed by atoms with Crippen LogP contribution in [-0.2, 0) is 4.84 Å². The molecule has 0 aromatic heterocycles. The molecule has 100 valence electrons. The molecule has 0 N–H and O–H groups in total. The van der Waals surface area contributed by atoms with E-state index in [1.807, 2.05) is 12.1 Å². The molecule has 0 spiro atoms. The van der Waals surface area contributed by atoms with Gasteiger partial charge in [0.15, 0.2) is 0 Å². The molecule has 2 aromatic rings. The van der Waals surface area contributed by atoms with Gasteiger partial charge in [0.25, 0.3) is 0 Å². The summed E-state index contributed by atoms with van der Waals surface area (Å²) in [6.45, 7) is 0. The van der Waals surface area contributed by atoms with Crippen molar-refractivity contribution >= 4 is 16.5 Å². The van der Waals surface area contributed by atoms with Crippen molar-refractivity contribution in [2.45, 2.75) is 31.6 Å². The van der Waals surface area contributed by atoms with Crippen LogP contribution in [0.5, 0.6) is 0 Å². The van der Waals surface area contributed by atoms with Crippen molar-refractivity contribution in [3.8, 4) is 0 Å². The first-order valence-electron chi connectivity index (χ1n) is 7.10. The summed E-state index contributed by atoms with van der Waals surface area (Å²) in [6, 6.07) is 13.1. The lowest BCUT2D eigenvalue weighted by Crippen LogP contribution is -2.15. The molecular formula is C17H21NO. The number of hydroxylamine groups is 1. The van der Waals surface area contributed by atoms with Gasteiger partial charge in [0.2, 0.25) is 0 Å². The Kier molecular flexibility index (Phi) is 3.43. The van der Waals surface area contributed by atoms with Gasteiger partial charge in [-0.15, -0.1) is 0 Å². The average Bonchev–Trinajstić information content (AvgIpc) is 2.99. The van der Waals surface area contributed by atoms with E-state index in [4.69, 9.17) is 4.84 Å². The first-order valence-corrected chi connectivity index (χ1v) is 7.10. The molecule has 0 saturated heterocycles. The van der Waals surface area contributed by atoms with Crippen molar-refractivity contribution in [3.05, 3.63) is 42.0 Å². The third-order valence-corrected chi connectivity index (χ3v) is 4.32. The monoisotopic (exact) mass is 255 g/mol. The van der Waals surface area contributed by atoms with Crippen molar-refractivity contribution in [2.75, 3.05) is 19.2 Å². The van der Waals surface area contributed by atoms with Gasteiger partial charge >= 0.3 is 0 Å². The second-order valence-corrected chi connectivity index (χ2v) is 5.38. The number of hydrogen-bond donors (Lipinski definition) is 0. The summed E-state index contributed by atoms with van der Waals surface area (Å²) in [5.41, 5.74) is 2.66. The number of benzene rings is 2. The number of anilines is 1. The highest BCUT2D eigenvalue weighted by Gasteiger charge is 2.20. The third kappa shape index (κ3) is 2.21. The van der Waals surface area contributed by atoms with Crippen LogP contribution in [0, 0.1) is 0 Å². The van der Waals surface area contributed by atoms with Crippen LogP contribution in [-0.4, -0.2) is 14.2 Å². The first kappa shape index (κ1) is 12.5. The Labute approximate surface area is 114 Å². The predicted molar refractivity (Wildman–Crippen MR) is 80.6 cm³/mol. The zero-order valence-corrected chi connectivity index (χ0v) is 11.7. The molecule has 19 heavy (non-hydrogen) atoms. The van der Waals surface area contributed by atoms with Crippen LogP contribution in [0.15, 0.2) is 36.4 Å². The largest absolute Gasteiger partial charge is 0.277 e. The van der Waals surface area contributed by atoms with Gasteiger partial charge in [0.1, 0.15) is 0 Å². The van der Waals surface area contributed by atoms with Crippen LogP contribution < -0.4 is 5.06 Å². The minimum absolute atomic E-state index is 0.718. The van der Waals surface area contributed by atoms with Gasteiger partial charge < -0.3 is 0 Å². The number of rotatable bonds is 3. The highest BCUT2D eigenvalue weighted by Crippen LogP contribution is 2.40. The summed E-state index contributed by atoms with van der Waals surface area (Å²) in [4.78, 5) is 5.40. The van der Waals surface area contributed by atoms with Gasteiger partial charge in [-0.3, -0.25) is 9.90 Å². The molecular weight excluding hydrogens is 234 g/mol. The van der Waals surface area contributed by atoms with Gasteiger partial charge in [-0.2, -0.15) is 0 Å². The molecule has 2 heteroatoms. The minimum Gasteiger partial charge on any atom is -0.277 e. The molecule has 0 aliphatic heterocycles. The zero-order valence-electron chi connectivity index (χ0n) is 11.7. The lowest BCUT2D eigenvalue weighted by Gasteiger charge is -2.22. The normalized spacial score (nSPS) is 16.1. The SMILES string of the molecule is CON(C)c1cccc2cccc(C3CCCC3)c12. The van der Waals surface area contributed by atoms with E-state index in [1.54, 1.807) is 7.11 Å². The maximum absolute atomic E-state index is 5.40. The van der Waals surface area contributed by atoms with E-state index in [-0.39, 0.29) is 0 Å². The summed E-state index contributed by atoms with van der Waals surface area (Å²) in [5, 5.41) is 4.54. The van der Waals surface area contributed by atoms with Crippen LogP contribution in [0.3, 0.4) is 0 Å². The van der Waals surface area contributed by atoms with Gasteiger partial charge in [-0.1, -0.05) is 43.2 Å². The second kappa shape index (κ2) is 5.22. The Bertz CT molecular complexity index is 567. The summed E-state index contributed by atoms with van der Waals surface area (Å²) >= 11 is 0. The van der Waals surface area contributed by atoms with Crippen LogP contribution in [0.25, 0.3) is 10.8 Å². The molecule has 0 unspecified atom stereocenters. The molecule has 1 aliphatic rings. The van der Waals surface area contributed by atoms with Gasteiger partial charge in [0.05, 0.1) is 12.8 Å². The Balaban J connectivity index is 2.20. The molecule has 0 radical (unpaired) electrons. The molecule has 0 bridgehead atoms. The lowest BCUT2D eigenvalue weighted by atomic mass is 9.91. The molecule has 1 aliphatic carbocycles. The van der Waals surface area contributed by atoms with Crippen molar-refractivity contribution in [1.29, 1.82) is 0 Å². The quantitative estimate of drug-likeness (QED) is 0.749. The Hall–Kier alpha value is -1.54. The molecule has 2 nitrogen and oxygen atoms in total. The molecule has 0 heterocycles. The molecule has 1 saturated carbocycles. The highest BCUT2D eigenvalue weighted by molar-refractivity contribution is 5.97. The highest BCUT2D eigenvalue weighted by atomic mass is 16.7. The average molecular weight is 255 g/mol. The standard InChI is InChI=1S/C17H21NO/c1-18(19-2)16-12-6-10-14-9-5-11-15(17(14)16)13-7-3-4-8-13/h5-6,9-13H,3-4,7-8H2,1-2H3. The van der Waals surface area contributed by atoms with Crippen molar-refractivity contribution in [1.82, 2.24) is 0 Å². The van der Waals surface area contributed by atoms with E-state index in [1.165, 1.54) is 47.7 Å². The van der Waals surface area contributed by atoms with Crippen LogP contribution >= 0.6 is 0 Å². The van der Waals surface area contributed by atoms with Gasteiger partial charge in [0, 0.05) is 12.4 Å². The van der Waals surface area contributed by atoms with Crippen molar-refractivity contribution < 1.29 is 4.84 Å². The fourth-order valence-electron chi connectivity index (χ4n) is 3.29. The maximum atomic E-state index is 5.40. The van der Waals surface area contributed by atoms with E-state index in [9.17, 15) is 0 Å². The lowest BCUT2D eigenvalue weighted by molar-refractivity contribution is 0.185. The maximum Gasteiger partial charge on any atom is 0.0714 e. The van der Waals surface area contributed by atoms with Crippen LogP contribution in [0.1, 0.15) is 37.2 Å². The fraction of sp³-hybridized carbons (Fsp3) is 0.412. The summed E-state index contributed by atoms with van der Waals surface area (Å²) in [5.74, 6) is 0.718. The number of nitrogens with zero attached hydrogens (tertiary/aromatic N) is 1. The summed E-state index contributed by atoms with van der Waals surface area (Å²) < 4.78 is 0. The van der Waals surface area contributed by atoms with E-state index in [2.05, 4.69) is 36.4 Å². The van der Waals surface area contributed by atoms with E-state index in [0.29, 0.717) is 0 Å². The Morgan fingerprint density at radius 2 is 1.74 bits per heavy atom. The molecule has 1 fully saturated rings. The second-order valence-electron chi connectivity index (χ2n) is 5.38. The van der Waals surface area contributed by atoms with Gasteiger partial charge in [-0.05, 0) is 35.8 Å². The first-order chi connectivity index (χ1) is 9.31. The van der Waals surface area contributed by atoms with Crippen LogP contribution in [0.4, 0.5) is 5.69 Å². The topological polar surface area (TPSA) is 12.5 Å². The van der Waals surface area contributed by atoms with Crippen molar-refractivity contribution in [2.24, 2.45) is 0 Å². The molecule has 0 atom stereocenters. The fourth-order valence-corrected chi connectivity index (χ4v) is 3.29. The van der Waals surface area contributed by atoms with Gasteiger partial charge in [-0.25, -0.2) is 0 Å².